The summed E-state index contributed by atoms with van der Waals surface area (Å²) in [6, 6.07) is 1.98. The molecule has 0 aliphatic rings. The number of halogens is 1. The van der Waals surface area contributed by atoms with Crippen LogP contribution in [0.3, 0.4) is 0 Å². The van der Waals surface area contributed by atoms with Crippen molar-refractivity contribution in [3.63, 3.8) is 0 Å². The van der Waals surface area contributed by atoms with E-state index in [0.29, 0.717) is 0 Å². The number of hydroxylamine groups is 1. The van der Waals surface area contributed by atoms with Crippen molar-refractivity contribution < 1.29 is 4.84 Å². The molecule has 0 unspecified atom stereocenters. The molecule has 0 saturated heterocycles. The summed E-state index contributed by atoms with van der Waals surface area (Å²) < 4.78 is 1.02. The van der Waals surface area contributed by atoms with E-state index in [0.717, 1.165) is 22.4 Å². The average molecular weight is 245 g/mol. The number of hydrogen-bond donors (Lipinski definition) is 0. The highest BCUT2D eigenvalue weighted by Crippen LogP contribution is 2.19. The zero-order chi connectivity index (χ0) is 9.84. The van der Waals surface area contributed by atoms with Crippen molar-refractivity contribution in [2.24, 2.45) is 0 Å². The summed E-state index contributed by atoms with van der Waals surface area (Å²) in [5, 5.41) is 1.74. The van der Waals surface area contributed by atoms with Gasteiger partial charge in [-0.1, -0.05) is 0 Å². The molecule has 72 valence electrons. The van der Waals surface area contributed by atoms with E-state index in [1.54, 1.807) is 18.4 Å². The lowest BCUT2D eigenvalue weighted by atomic mass is 10.3. The number of aromatic nitrogens is 1. The van der Waals surface area contributed by atoms with E-state index < -0.39 is 0 Å². The quantitative estimate of drug-likeness (QED) is 0.765. The summed E-state index contributed by atoms with van der Waals surface area (Å²) in [4.78, 5) is 9.37. The third kappa shape index (κ3) is 2.42. The zero-order valence-electron chi connectivity index (χ0n) is 8.04. The van der Waals surface area contributed by atoms with Gasteiger partial charge in [0.05, 0.1) is 7.11 Å². The Labute approximate surface area is 86.8 Å². The van der Waals surface area contributed by atoms with E-state index >= 15 is 0 Å². The van der Waals surface area contributed by atoms with Crippen LogP contribution in [-0.4, -0.2) is 18.6 Å². The van der Waals surface area contributed by atoms with E-state index in [2.05, 4.69) is 20.9 Å². The van der Waals surface area contributed by atoms with Crippen molar-refractivity contribution in [2.45, 2.75) is 13.8 Å². The van der Waals surface area contributed by atoms with Crippen LogP contribution < -0.4 is 5.06 Å². The van der Waals surface area contributed by atoms with E-state index in [-0.39, 0.29) is 0 Å². The topological polar surface area (TPSA) is 25.4 Å². The molecule has 0 bridgehead atoms. The summed E-state index contributed by atoms with van der Waals surface area (Å²) in [6.45, 7) is 4.83. The van der Waals surface area contributed by atoms with E-state index in [1.165, 1.54) is 0 Å². The Morgan fingerprint density at radius 3 is 2.77 bits per heavy atom. The maximum Gasteiger partial charge on any atom is 0.152 e. The first kappa shape index (κ1) is 10.5. The van der Waals surface area contributed by atoms with Crippen LogP contribution in [0.2, 0.25) is 0 Å². The van der Waals surface area contributed by atoms with Crippen LogP contribution in [-0.2, 0) is 4.84 Å². The van der Waals surface area contributed by atoms with E-state index in [4.69, 9.17) is 4.84 Å². The van der Waals surface area contributed by atoms with Crippen molar-refractivity contribution >= 4 is 21.7 Å². The molecule has 0 saturated carbocycles. The normalized spacial score (nSPS) is 10.2. The van der Waals surface area contributed by atoms with Crippen LogP contribution in [0.4, 0.5) is 5.82 Å². The summed E-state index contributed by atoms with van der Waals surface area (Å²) in [5.41, 5.74) is 1.15. The number of pyridine rings is 1. The molecule has 0 aliphatic carbocycles. The maximum atomic E-state index is 5.14. The van der Waals surface area contributed by atoms with Gasteiger partial charge in [-0.3, -0.25) is 4.84 Å². The van der Waals surface area contributed by atoms with Gasteiger partial charge in [0.2, 0.25) is 0 Å². The molecule has 0 amide bonds. The summed E-state index contributed by atoms with van der Waals surface area (Å²) in [5.74, 6) is 0.839. The highest BCUT2D eigenvalue weighted by molar-refractivity contribution is 9.10. The molecule has 0 aromatic carbocycles. The molecule has 1 aromatic heterocycles. The van der Waals surface area contributed by atoms with Crippen molar-refractivity contribution in [3.05, 3.63) is 22.3 Å². The van der Waals surface area contributed by atoms with Crippen molar-refractivity contribution in [1.29, 1.82) is 0 Å². The van der Waals surface area contributed by atoms with Gasteiger partial charge in [-0.15, -0.1) is 0 Å². The zero-order valence-corrected chi connectivity index (χ0v) is 9.63. The van der Waals surface area contributed by atoms with Gasteiger partial charge in [0.25, 0.3) is 0 Å². The minimum absolute atomic E-state index is 0.782. The fourth-order valence-corrected chi connectivity index (χ4v) is 1.26. The van der Waals surface area contributed by atoms with Crippen LogP contribution in [0.15, 0.2) is 16.7 Å². The van der Waals surface area contributed by atoms with Crippen LogP contribution in [0, 0.1) is 6.92 Å². The largest absolute Gasteiger partial charge is 0.275 e. The smallest absolute Gasteiger partial charge is 0.152 e. The number of anilines is 1. The van der Waals surface area contributed by atoms with E-state index in [1.807, 2.05) is 19.9 Å². The first-order valence-corrected chi connectivity index (χ1v) is 4.92. The number of aryl methyl sites for hydroxylation is 1. The summed E-state index contributed by atoms with van der Waals surface area (Å²) in [7, 11) is 1.64. The highest BCUT2D eigenvalue weighted by atomic mass is 79.9. The van der Waals surface area contributed by atoms with E-state index in [9.17, 15) is 0 Å². The monoisotopic (exact) mass is 244 g/mol. The Morgan fingerprint density at radius 2 is 2.31 bits per heavy atom. The molecular formula is C9H13BrN2O. The number of nitrogens with zero attached hydrogens (tertiary/aromatic N) is 2. The molecule has 1 rings (SSSR count). The Morgan fingerprint density at radius 1 is 1.62 bits per heavy atom. The van der Waals surface area contributed by atoms with Crippen LogP contribution >= 0.6 is 15.9 Å². The van der Waals surface area contributed by atoms with Gasteiger partial charge in [-0.2, -0.15) is 0 Å². The van der Waals surface area contributed by atoms with Crippen LogP contribution in [0.5, 0.6) is 0 Å². The standard InChI is InChI=1S/C9H13BrN2O/c1-4-12(13-3)9-5-7(2)8(10)6-11-9/h5-6H,4H2,1-3H3. The minimum atomic E-state index is 0.782. The molecule has 13 heavy (non-hydrogen) atoms. The molecule has 0 atom stereocenters. The van der Waals surface area contributed by atoms with Crippen LogP contribution in [0.1, 0.15) is 12.5 Å². The van der Waals surface area contributed by atoms with Gasteiger partial charge in [0, 0.05) is 17.2 Å². The van der Waals surface area contributed by atoms with Gasteiger partial charge in [0.15, 0.2) is 5.82 Å². The predicted octanol–water partition coefficient (Wildman–Crippen LogP) is 2.54. The molecule has 0 N–H and O–H groups in total. The van der Waals surface area contributed by atoms with Gasteiger partial charge in [-0.25, -0.2) is 10.0 Å². The lowest BCUT2D eigenvalue weighted by Crippen LogP contribution is -2.21. The van der Waals surface area contributed by atoms with Gasteiger partial charge < -0.3 is 0 Å². The molecule has 0 spiro atoms. The second-order valence-electron chi connectivity index (χ2n) is 2.67. The molecule has 1 heterocycles. The molecule has 3 nitrogen and oxygen atoms in total. The fourth-order valence-electron chi connectivity index (χ4n) is 1.05. The minimum Gasteiger partial charge on any atom is -0.275 e. The van der Waals surface area contributed by atoms with Crippen molar-refractivity contribution in [3.8, 4) is 0 Å². The predicted molar refractivity (Wildman–Crippen MR) is 56.7 cm³/mol. The van der Waals surface area contributed by atoms with Gasteiger partial charge >= 0.3 is 0 Å². The summed E-state index contributed by atoms with van der Waals surface area (Å²) >= 11 is 3.40. The summed E-state index contributed by atoms with van der Waals surface area (Å²) in [6.07, 6.45) is 1.78. The Balaban J connectivity index is 2.95. The van der Waals surface area contributed by atoms with Crippen molar-refractivity contribution in [1.82, 2.24) is 4.98 Å². The number of hydrogen-bond acceptors (Lipinski definition) is 3. The lowest BCUT2D eigenvalue weighted by molar-refractivity contribution is 0.168. The highest BCUT2D eigenvalue weighted by Gasteiger charge is 2.05. The molecule has 0 radical (unpaired) electrons. The maximum absolute atomic E-state index is 5.14. The second-order valence-corrected chi connectivity index (χ2v) is 3.52. The third-order valence-corrected chi connectivity index (χ3v) is 2.63. The Bertz CT molecular complexity index is 287. The molecule has 4 heteroatoms. The number of rotatable bonds is 3. The third-order valence-electron chi connectivity index (χ3n) is 1.80. The van der Waals surface area contributed by atoms with Crippen molar-refractivity contribution in [2.75, 3.05) is 18.7 Å². The Kier molecular flexibility index (Phi) is 3.69. The van der Waals surface area contributed by atoms with Crippen LogP contribution in [0.25, 0.3) is 0 Å². The average Bonchev–Trinajstić information content (AvgIpc) is 2.13. The molecule has 0 aliphatic heterocycles. The molecular weight excluding hydrogens is 232 g/mol. The molecule has 0 fully saturated rings. The second kappa shape index (κ2) is 4.58. The van der Waals surface area contributed by atoms with Gasteiger partial charge in [0.1, 0.15) is 0 Å². The first-order valence-electron chi connectivity index (χ1n) is 4.12. The Hall–Kier alpha value is -0.610. The molecule has 1 aromatic rings. The fraction of sp³-hybridized carbons (Fsp3) is 0.444. The SMILES string of the molecule is CCN(OC)c1cc(C)c(Br)cn1. The first-order chi connectivity index (χ1) is 6.19. The van der Waals surface area contributed by atoms with Gasteiger partial charge in [-0.05, 0) is 41.4 Å². The lowest BCUT2D eigenvalue weighted by Gasteiger charge is -2.18.